The Morgan fingerprint density at radius 1 is 1.37 bits per heavy atom. The minimum absolute atomic E-state index is 0.169. The second kappa shape index (κ2) is 5.68. The second-order valence-corrected chi connectivity index (χ2v) is 7.66. The zero-order valence-corrected chi connectivity index (χ0v) is 14.5. The van der Waals surface area contributed by atoms with Crippen LogP contribution in [0.3, 0.4) is 0 Å². The molecule has 108 valence electrons. The molecule has 0 spiro atoms. The first-order chi connectivity index (χ1) is 8.49. The van der Waals surface area contributed by atoms with Crippen molar-refractivity contribution < 1.29 is 9.53 Å². The molecule has 0 aromatic carbocycles. The van der Waals surface area contributed by atoms with Gasteiger partial charge in [-0.25, -0.2) is 9.78 Å². The molecule has 1 heterocycles. The summed E-state index contributed by atoms with van der Waals surface area (Å²) < 4.78 is 6.17. The summed E-state index contributed by atoms with van der Waals surface area (Å²) in [7, 11) is 0. The van der Waals surface area contributed by atoms with Gasteiger partial charge in [0.25, 0.3) is 0 Å². The van der Waals surface area contributed by atoms with Crippen molar-refractivity contribution in [3.8, 4) is 0 Å². The predicted molar refractivity (Wildman–Crippen MR) is 82.9 cm³/mol. The molecule has 1 aromatic rings. The first-order valence-corrected chi connectivity index (χ1v) is 7.27. The van der Waals surface area contributed by atoms with Gasteiger partial charge in [0.1, 0.15) is 15.1 Å². The summed E-state index contributed by atoms with van der Waals surface area (Å²) in [6.07, 6.45) is 1.38. The van der Waals surface area contributed by atoms with E-state index in [1.165, 1.54) is 0 Å². The van der Waals surface area contributed by atoms with Crippen LogP contribution in [0.1, 0.15) is 53.4 Å². The van der Waals surface area contributed by atoms with Gasteiger partial charge in [0.05, 0.1) is 6.04 Å². The van der Waals surface area contributed by atoms with E-state index in [0.717, 1.165) is 9.53 Å². The fraction of sp³-hybridized carbons (Fsp3) is 0.692. The molecular formula is C13H22IN3O2. The molecule has 2 N–H and O–H groups in total. The van der Waals surface area contributed by atoms with E-state index in [4.69, 9.17) is 4.74 Å². The van der Waals surface area contributed by atoms with Gasteiger partial charge in [-0.15, -0.1) is 0 Å². The van der Waals surface area contributed by atoms with Crippen molar-refractivity contribution in [3.05, 3.63) is 15.7 Å². The Morgan fingerprint density at radius 2 is 1.95 bits per heavy atom. The normalized spacial score (nSPS) is 14.1. The molecule has 0 unspecified atom stereocenters. The van der Waals surface area contributed by atoms with Crippen molar-refractivity contribution in [1.82, 2.24) is 15.3 Å². The molecular weight excluding hydrogens is 357 g/mol. The van der Waals surface area contributed by atoms with E-state index in [1.807, 2.05) is 47.7 Å². The number of carbonyl (C=O) groups excluding carboxylic acids is 1. The molecule has 1 amide bonds. The zero-order chi connectivity index (χ0) is 14.8. The van der Waals surface area contributed by atoms with Crippen molar-refractivity contribution in [2.24, 2.45) is 5.41 Å². The van der Waals surface area contributed by atoms with Crippen LogP contribution in [0.2, 0.25) is 0 Å². The van der Waals surface area contributed by atoms with Crippen LogP contribution in [0.15, 0.2) is 6.20 Å². The molecule has 1 atom stereocenters. The predicted octanol–water partition coefficient (Wildman–Crippen LogP) is 3.63. The van der Waals surface area contributed by atoms with Crippen LogP contribution in [0.4, 0.5) is 4.79 Å². The molecule has 19 heavy (non-hydrogen) atoms. The van der Waals surface area contributed by atoms with Crippen LogP contribution in [0, 0.1) is 9.12 Å². The standard InChI is InChI=1S/C13H22IN3O2/c1-12(2,3)9(10-15-7-8(14)16-10)17-11(18)19-13(4,5)6/h7,9H,1-6H3,(H,15,16)(H,17,18)/t9-/m1/s1. The molecule has 0 aliphatic heterocycles. The highest BCUT2D eigenvalue weighted by molar-refractivity contribution is 14.1. The number of aromatic nitrogens is 2. The van der Waals surface area contributed by atoms with Gasteiger partial charge in [0, 0.05) is 6.20 Å². The lowest BCUT2D eigenvalue weighted by Gasteiger charge is -2.31. The molecule has 5 nitrogen and oxygen atoms in total. The second-order valence-electron chi connectivity index (χ2n) is 6.55. The van der Waals surface area contributed by atoms with Crippen molar-refractivity contribution in [2.75, 3.05) is 0 Å². The lowest BCUT2D eigenvalue weighted by molar-refractivity contribution is 0.0458. The summed E-state index contributed by atoms with van der Waals surface area (Å²) in [6, 6.07) is -0.231. The van der Waals surface area contributed by atoms with Crippen molar-refractivity contribution in [1.29, 1.82) is 0 Å². The molecule has 0 fully saturated rings. The maximum atomic E-state index is 11.9. The molecule has 0 saturated carbocycles. The average molecular weight is 379 g/mol. The van der Waals surface area contributed by atoms with Crippen LogP contribution >= 0.6 is 22.6 Å². The van der Waals surface area contributed by atoms with E-state index in [1.54, 1.807) is 0 Å². The van der Waals surface area contributed by atoms with Crippen molar-refractivity contribution in [3.63, 3.8) is 0 Å². The fourth-order valence-corrected chi connectivity index (χ4v) is 2.00. The number of imidazole rings is 1. The average Bonchev–Trinajstić information content (AvgIpc) is 2.56. The Morgan fingerprint density at radius 3 is 2.32 bits per heavy atom. The van der Waals surface area contributed by atoms with Gasteiger partial charge in [-0.3, -0.25) is 0 Å². The number of alkyl carbamates (subject to hydrolysis) is 1. The lowest BCUT2D eigenvalue weighted by atomic mass is 9.86. The third-order valence-electron chi connectivity index (χ3n) is 2.37. The third kappa shape index (κ3) is 5.38. The monoisotopic (exact) mass is 379 g/mol. The molecule has 0 bridgehead atoms. The lowest BCUT2D eigenvalue weighted by Crippen LogP contribution is -2.40. The number of ether oxygens (including phenoxy) is 1. The van der Waals surface area contributed by atoms with Crippen LogP contribution in [-0.4, -0.2) is 21.7 Å². The van der Waals surface area contributed by atoms with Crippen LogP contribution in [0.5, 0.6) is 0 Å². The number of hydrogen-bond donors (Lipinski definition) is 2. The van der Waals surface area contributed by atoms with Crippen molar-refractivity contribution >= 4 is 28.7 Å². The number of halogens is 1. The van der Waals surface area contributed by atoms with Gasteiger partial charge in [0.15, 0.2) is 0 Å². The van der Waals surface area contributed by atoms with E-state index in [2.05, 4.69) is 37.9 Å². The van der Waals surface area contributed by atoms with Gasteiger partial charge in [-0.05, 0) is 48.8 Å². The number of nitrogens with zero attached hydrogens (tertiary/aromatic N) is 1. The van der Waals surface area contributed by atoms with Gasteiger partial charge in [-0.2, -0.15) is 0 Å². The summed E-state index contributed by atoms with van der Waals surface area (Å²) in [5, 5.41) is 2.88. The molecule has 0 saturated heterocycles. The number of H-pyrrole nitrogens is 1. The minimum atomic E-state index is -0.510. The van der Waals surface area contributed by atoms with E-state index in [-0.39, 0.29) is 11.5 Å². The largest absolute Gasteiger partial charge is 0.444 e. The molecule has 0 aliphatic rings. The van der Waals surface area contributed by atoms with E-state index in [0.29, 0.717) is 0 Å². The van der Waals surface area contributed by atoms with Gasteiger partial charge in [-0.1, -0.05) is 20.8 Å². The highest BCUT2D eigenvalue weighted by atomic mass is 127. The number of nitrogens with one attached hydrogen (secondary N) is 2. The zero-order valence-electron chi connectivity index (χ0n) is 12.3. The smallest absolute Gasteiger partial charge is 0.408 e. The summed E-state index contributed by atoms with van der Waals surface area (Å²) >= 11 is 2.13. The van der Waals surface area contributed by atoms with Crippen LogP contribution in [-0.2, 0) is 4.74 Å². The van der Waals surface area contributed by atoms with Gasteiger partial charge >= 0.3 is 6.09 Å². The SMILES string of the molecule is CC(C)(C)OC(=O)N[C@H](c1nc(I)c[nH]1)C(C)(C)C. The first-order valence-electron chi connectivity index (χ1n) is 6.19. The number of carbonyl (C=O) groups is 1. The highest BCUT2D eigenvalue weighted by Crippen LogP contribution is 2.31. The molecule has 1 rings (SSSR count). The Labute approximate surface area is 128 Å². The highest BCUT2D eigenvalue weighted by Gasteiger charge is 2.31. The maximum Gasteiger partial charge on any atom is 0.408 e. The van der Waals surface area contributed by atoms with E-state index >= 15 is 0 Å². The van der Waals surface area contributed by atoms with Crippen LogP contribution < -0.4 is 5.32 Å². The Balaban J connectivity index is 2.86. The van der Waals surface area contributed by atoms with Gasteiger partial charge in [0.2, 0.25) is 0 Å². The Bertz CT molecular complexity index is 443. The summed E-state index contributed by atoms with van der Waals surface area (Å²) in [6.45, 7) is 11.7. The molecule has 0 aliphatic carbocycles. The van der Waals surface area contributed by atoms with Gasteiger partial charge < -0.3 is 15.0 Å². The Kier molecular flexibility index (Phi) is 4.86. The quantitative estimate of drug-likeness (QED) is 0.772. The summed E-state index contributed by atoms with van der Waals surface area (Å²) in [4.78, 5) is 19.4. The van der Waals surface area contributed by atoms with Crippen LogP contribution in [0.25, 0.3) is 0 Å². The summed E-state index contributed by atoms with van der Waals surface area (Å²) in [5.41, 5.74) is -0.679. The third-order valence-corrected chi connectivity index (χ3v) is 2.92. The summed E-state index contributed by atoms with van der Waals surface area (Å²) in [5.74, 6) is 0.739. The van der Waals surface area contributed by atoms with E-state index < -0.39 is 11.7 Å². The number of aromatic amines is 1. The number of hydrogen-bond acceptors (Lipinski definition) is 3. The minimum Gasteiger partial charge on any atom is -0.444 e. The molecule has 6 heteroatoms. The first kappa shape index (κ1) is 16.3. The molecule has 0 radical (unpaired) electrons. The number of amides is 1. The topological polar surface area (TPSA) is 67.0 Å². The Hall–Kier alpha value is -0.790. The number of rotatable bonds is 2. The molecule has 1 aromatic heterocycles. The van der Waals surface area contributed by atoms with E-state index in [9.17, 15) is 4.79 Å². The van der Waals surface area contributed by atoms with Crippen molar-refractivity contribution in [2.45, 2.75) is 53.2 Å². The maximum absolute atomic E-state index is 11.9. The fourth-order valence-electron chi connectivity index (χ4n) is 1.58.